The van der Waals surface area contributed by atoms with Crippen molar-refractivity contribution in [1.82, 2.24) is 0 Å². The van der Waals surface area contributed by atoms with E-state index in [9.17, 15) is 0 Å². The molecule has 0 fully saturated rings. The lowest BCUT2D eigenvalue weighted by Gasteiger charge is -2.04. The molecule has 4 aromatic rings. The summed E-state index contributed by atoms with van der Waals surface area (Å²) in [5.74, 6) is 0.990. The molecule has 4 aromatic carbocycles. The van der Waals surface area contributed by atoms with Gasteiger partial charge in [0.1, 0.15) is 0 Å². The van der Waals surface area contributed by atoms with Gasteiger partial charge < -0.3 is 11.5 Å². The van der Waals surface area contributed by atoms with Gasteiger partial charge in [-0.1, -0.05) is 60.7 Å². The van der Waals surface area contributed by atoms with Crippen LogP contribution in [0.5, 0.6) is 11.5 Å². The van der Waals surface area contributed by atoms with E-state index in [1.165, 1.54) is 11.1 Å². The van der Waals surface area contributed by atoms with Crippen molar-refractivity contribution in [2.75, 3.05) is 11.5 Å². The van der Waals surface area contributed by atoms with Crippen LogP contribution in [-0.4, -0.2) is 0 Å². The average Bonchev–Trinajstić information content (AvgIpc) is 2.78. The Balaban J connectivity index is 0.000000176. The highest BCUT2D eigenvalue weighted by Crippen LogP contribution is 2.17. The third-order valence-corrected chi connectivity index (χ3v) is 3.90. The van der Waals surface area contributed by atoms with Crippen LogP contribution < -0.4 is 21.2 Å². The molecule has 0 aromatic heterocycles. The van der Waals surface area contributed by atoms with E-state index >= 15 is 0 Å². The molecule has 0 amide bonds. The molecule has 4 N–H and O–H groups in total. The molecule has 0 radical (unpaired) electrons. The zero-order valence-electron chi connectivity index (χ0n) is 15.8. The lowest BCUT2D eigenvalue weighted by molar-refractivity contribution is -0.411. The molecule has 29 heavy (non-hydrogen) atoms. The van der Waals surface area contributed by atoms with E-state index in [1.54, 1.807) is 48.5 Å². The Morgan fingerprint density at radius 2 is 0.759 bits per heavy atom. The number of hydrogen-bond donors (Lipinski definition) is 2. The Morgan fingerprint density at radius 3 is 1.10 bits per heavy atom. The van der Waals surface area contributed by atoms with Gasteiger partial charge in [-0.3, -0.25) is 9.78 Å². The molecule has 0 unspecified atom stereocenters. The van der Waals surface area contributed by atoms with E-state index in [0.29, 0.717) is 22.9 Å². The topological polar surface area (TPSA) is 79.7 Å². The monoisotopic (exact) mass is 386 g/mol. The summed E-state index contributed by atoms with van der Waals surface area (Å²) >= 11 is 0. The van der Waals surface area contributed by atoms with Crippen LogP contribution in [0.25, 0.3) is 11.1 Å². The molecule has 0 heterocycles. The van der Waals surface area contributed by atoms with E-state index < -0.39 is 0 Å². The number of nitrogen functional groups attached to an aromatic ring is 2. The zero-order chi connectivity index (χ0) is 20.3. The van der Waals surface area contributed by atoms with Crippen molar-refractivity contribution in [3.05, 3.63) is 109 Å². The Kier molecular flexibility index (Phi) is 7.09. The van der Waals surface area contributed by atoms with Crippen molar-refractivity contribution in [3.63, 3.8) is 0 Å². The van der Waals surface area contributed by atoms with Crippen LogP contribution in [0.1, 0.15) is 0 Å². The van der Waals surface area contributed by atoms with E-state index in [2.05, 4.69) is 53.6 Å². The Morgan fingerprint density at radius 1 is 0.414 bits per heavy atom. The van der Waals surface area contributed by atoms with E-state index in [4.69, 9.17) is 21.2 Å². The predicted molar refractivity (Wildman–Crippen MR) is 116 cm³/mol. The molecule has 0 aliphatic carbocycles. The molecule has 0 bridgehead atoms. The maximum Gasteiger partial charge on any atom is 0.169 e. The largest absolute Gasteiger partial charge is 0.399 e. The number of anilines is 2. The smallest absolute Gasteiger partial charge is 0.169 e. The van der Waals surface area contributed by atoms with Crippen LogP contribution in [0.3, 0.4) is 0 Å². The summed E-state index contributed by atoms with van der Waals surface area (Å²) in [6.45, 7) is 0. The van der Waals surface area contributed by atoms with E-state index in [0.717, 1.165) is 0 Å². The molecule has 0 saturated carbocycles. The number of hydrogen-bond acceptors (Lipinski definition) is 5. The highest BCUT2D eigenvalue weighted by atomic mass is 17.5. The molecule has 0 saturated heterocycles. The Hall–Kier alpha value is -3.96. The van der Waals surface area contributed by atoms with Crippen LogP contribution >= 0.6 is 0 Å². The summed E-state index contributed by atoms with van der Waals surface area (Å²) in [6, 6.07) is 34.2. The van der Waals surface area contributed by atoms with Crippen LogP contribution in [0, 0.1) is 0 Å². The van der Waals surface area contributed by atoms with Crippen molar-refractivity contribution in [1.29, 1.82) is 0 Å². The first-order valence-corrected chi connectivity index (χ1v) is 9.03. The van der Waals surface area contributed by atoms with Gasteiger partial charge in [0.15, 0.2) is 11.5 Å². The van der Waals surface area contributed by atoms with Gasteiger partial charge in [0, 0.05) is 16.4 Å². The molecule has 0 aliphatic heterocycles. The summed E-state index contributed by atoms with van der Waals surface area (Å²) in [6.07, 6.45) is 0. The molecule has 5 nitrogen and oxygen atoms in total. The first kappa shape index (κ1) is 19.8. The van der Waals surface area contributed by atoms with Crippen LogP contribution in [0.15, 0.2) is 109 Å². The fourth-order valence-corrected chi connectivity index (χ4v) is 2.40. The average molecular weight is 386 g/mol. The molecule has 146 valence electrons. The summed E-state index contributed by atoms with van der Waals surface area (Å²) in [5, 5.41) is 4.60. The molecule has 0 aliphatic rings. The second-order valence-electron chi connectivity index (χ2n) is 6.10. The summed E-state index contributed by atoms with van der Waals surface area (Å²) in [4.78, 5) is 9.77. The molecule has 5 heteroatoms. The van der Waals surface area contributed by atoms with Crippen molar-refractivity contribution in [2.45, 2.75) is 0 Å². The highest BCUT2D eigenvalue weighted by Gasteiger charge is 1.97. The van der Waals surface area contributed by atoms with Crippen LogP contribution in [-0.2, 0) is 5.04 Å². The fraction of sp³-hybridized carbons (Fsp3) is 0. The van der Waals surface area contributed by atoms with Crippen molar-refractivity contribution in [3.8, 4) is 22.6 Å². The van der Waals surface area contributed by atoms with Gasteiger partial charge in [-0.2, -0.15) is 0 Å². The van der Waals surface area contributed by atoms with Crippen LogP contribution in [0.2, 0.25) is 0 Å². The zero-order valence-corrected chi connectivity index (χ0v) is 15.8. The van der Waals surface area contributed by atoms with Gasteiger partial charge in [-0.15, -0.1) is 0 Å². The minimum absolute atomic E-state index is 0.495. The standard InChI is InChI=1S/C12H12N2O3.C12H10/c13-9-1-5-11(6-2-9)15-17-16-12-7-3-10(14)4-8-12;1-3-7-11(8-4-1)12-9-5-2-6-10-12/h1-8H,13-14H2;1-10H. The lowest BCUT2D eigenvalue weighted by atomic mass is 10.1. The predicted octanol–water partition coefficient (Wildman–Crippen LogP) is 5.51. The van der Waals surface area contributed by atoms with Crippen molar-refractivity contribution < 1.29 is 14.8 Å². The minimum Gasteiger partial charge on any atom is -0.399 e. The van der Waals surface area contributed by atoms with Gasteiger partial charge in [0.05, 0.1) is 0 Å². The summed E-state index contributed by atoms with van der Waals surface area (Å²) in [5.41, 5.74) is 14.9. The normalized spacial score (nSPS) is 9.79. The van der Waals surface area contributed by atoms with Gasteiger partial charge >= 0.3 is 0 Å². The maximum atomic E-state index is 5.52. The van der Waals surface area contributed by atoms with Crippen LogP contribution in [0.4, 0.5) is 11.4 Å². The quantitative estimate of drug-likeness (QED) is 0.269. The van der Waals surface area contributed by atoms with Gasteiger partial charge in [0.25, 0.3) is 0 Å². The molecule has 0 spiro atoms. The van der Waals surface area contributed by atoms with E-state index in [1.807, 2.05) is 12.1 Å². The second kappa shape index (κ2) is 10.4. The van der Waals surface area contributed by atoms with E-state index in [-0.39, 0.29) is 0 Å². The fourth-order valence-electron chi connectivity index (χ4n) is 2.40. The summed E-state index contributed by atoms with van der Waals surface area (Å²) in [7, 11) is 0. The number of benzene rings is 4. The highest BCUT2D eigenvalue weighted by molar-refractivity contribution is 5.62. The second-order valence-corrected chi connectivity index (χ2v) is 6.10. The third kappa shape index (κ3) is 6.61. The third-order valence-electron chi connectivity index (χ3n) is 3.90. The molecular weight excluding hydrogens is 364 g/mol. The van der Waals surface area contributed by atoms with Gasteiger partial charge in [0.2, 0.25) is 0 Å². The Labute approximate surface area is 169 Å². The molecular formula is C24H22N2O3. The number of nitrogens with two attached hydrogens (primary N) is 2. The maximum absolute atomic E-state index is 5.52. The lowest BCUT2D eigenvalue weighted by Crippen LogP contribution is -2.02. The minimum atomic E-state index is 0.495. The van der Waals surface area contributed by atoms with Crippen molar-refractivity contribution in [2.24, 2.45) is 0 Å². The first-order valence-electron chi connectivity index (χ1n) is 9.03. The first-order chi connectivity index (χ1) is 14.2. The SMILES string of the molecule is Nc1ccc(OOOc2ccc(N)cc2)cc1.c1ccc(-c2ccccc2)cc1. The Bertz CT molecular complexity index is 891. The van der Waals surface area contributed by atoms with Gasteiger partial charge in [-0.25, -0.2) is 0 Å². The van der Waals surface area contributed by atoms with Gasteiger partial charge in [-0.05, 0) is 59.7 Å². The number of rotatable bonds is 5. The molecule has 4 rings (SSSR count). The molecule has 0 atom stereocenters. The van der Waals surface area contributed by atoms with Crippen molar-refractivity contribution >= 4 is 11.4 Å². The summed E-state index contributed by atoms with van der Waals surface area (Å²) < 4.78 is 0.